The van der Waals surface area contributed by atoms with Crippen molar-refractivity contribution in [2.75, 3.05) is 0 Å². The molecule has 2 aromatic rings. The van der Waals surface area contributed by atoms with Crippen molar-refractivity contribution in [2.24, 2.45) is 0 Å². The van der Waals surface area contributed by atoms with Gasteiger partial charge >= 0.3 is 5.97 Å². The Labute approximate surface area is 126 Å². The molecule has 2 N–H and O–H groups in total. The average Bonchev–Trinajstić information content (AvgIpc) is 2.47. The maximum atomic E-state index is 12.4. The normalized spacial score (nSPS) is 12.1. The summed E-state index contributed by atoms with van der Waals surface area (Å²) in [7, 11) is 0. The second-order valence-electron chi connectivity index (χ2n) is 5.02. The third-order valence-electron chi connectivity index (χ3n) is 3.36. The molecule has 0 aliphatic rings. The van der Waals surface area contributed by atoms with Gasteiger partial charge < -0.3 is 15.0 Å². The summed E-state index contributed by atoms with van der Waals surface area (Å²) in [4.78, 5) is 39.7. The highest BCUT2D eigenvalue weighted by atomic mass is 16.4. The van der Waals surface area contributed by atoms with Crippen LogP contribution in [0.25, 0.3) is 11.0 Å². The Bertz CT molecular complexity index is 810. The highest BCUT2D eigenvalue weighted by Crippen LogP contribution is 2.11. The maximum Gasteiger partial charge on any atom is 0.325 e. The van der Waals surface area contributed by atoms with Crippen LogP contribution >= 0.6 is 0 Å². The molecule has 22 heavy (non-hydrogen) atoms. The molecule has 2 rings (SSSR count). The molecule has 0 saturated heterocycles. The molecule has 1 atom stereocenters. The van der Waals surface area contributed by atoms with Crippen molar-refractivity contribution in [3.8, 4) is 0 Å². The second-order valence-corrected chi connectivity index (χ2v) is 5.02. The predicted octanol–water partition coefficient (Wildman–Crippen LogP) is 0.928. The van der Waals surface area contributed by atoms with Crippen LogP contribution < -0.4 is 10.7 Å². The summed E-state index contributed by atoms with van der Waals surface area (Å²) in [5.41, 5.74) is 0.733. The molecular formula is C15H17N3O4. The van der Waals surface area contributed by atoms with Gasteiger partial charge in [-0.1, -0.05) is 0 Å². The van der Waals surface area contributed by atoms with E-state index in [4.69, 9.17) is 5.11 Å². The standard InChI is InChI=1S/C15H17N3O4/c1-4-18-7-11(14(20)17-9(3)15(21)22)12(19)10-6-5-8(2)16-13(10)18/h5-7,9H,4H2,1-3H3,(H,17,20)(H,21,22)/t9-/m0/s1. The third kappa shape index (κ3) is 2.83. The Morgan fingerprint density at radius 2 is 2.09 bits per heavy atom. The zero-order valence-corrected chi connectivity index (χ0v) is 12.6. The number of hydrogen-bond donors (Lipinski definition) is 2. The molecule has 0 fully saturated rings. The van der Waals surface area contributed by atoms with Crippen molar-refractivity contribution in [3.05, 3.63) is 39.8 Å². The van der Waals surface area contributed by atoms with Crippen LogP contribution in [0, 0.1) is 6.92 Å². The van der Waals surface area contributed by atoms with E-state index in [1.54, 1.807) is 16.7 Å². The average molecular weight is 303 g/mol. The number of nitrogens with zero attached hydrogens (tertiary/aromatic N) is 2. The minimum absolute atomic E-state index is 0.0897. The summed E-state index contributed by atoms with van der Waals surface area (Å²) in [6, 6.07) is 2.25. The maximum absolute atomic E-state index is 12.4. The lowest BCUT2D eigenvalue weighted by Crippen LogP contribution is -2.40. The number of aromatic nitrogens is 2. The number of hydrogen-bond acceptors (Lipinski definition) is 4. The highest BCUT2D eigenvalue weighted by molar-refractivity contribution is 5.98. The van der Waals surface area contributed by atoms with Crippen LogP contribution in [0.15, 0.2) is 23.1 Å². The molecule has 7 nitrogen and oxygen atoms in total. The molecule has 1 amide bonds. The van der Waals surface area contributed by atoms with Gasteiger partial charge in [-0.15, -0.1) is 0 Å². The highest BCUT2D eigenvalue weighted by Gasteiger charge is 2.20. The Balaban J connectivity index is 2.58. The van der Waals surface area contributed by atoms with Gasteiger partial charge in [-0.25, -0.2) is 4.98 Å². The van der Waals surface area contributed by atoms with E-state index in [1.165, 1.54) is 13.1 Å². The fraction of sp³-hybridized carbons (Fsp3) is 0.333. The van der Waals surface area contributed by atoms with Crippen LogP contribution in [-0.2, 0) is 11.3 Å². The van der Waals surface area contributed by atoms with Crippen molar-refractivity contribution < 1.29 is 14.7 Å². The first-order chi connectivity index (χ1) is 10.3. The summed E-state index contributed by atoms with van der Waals surface area (Å²) >= 11 is 0. The second kappa shape index (κ2) is 5.97. The van der Waals surface area contributed by atoms with E-state index in [2.05, 4.69) is 10.3 Å². The number of nitrogens with one attached hydrogen (secondary N) is 1. The van der Waals surface area contributed by atoms with E-state index in [1.807, 2.05) is 13.8 Å². The molecular weight excluding hydrogens is 286 g/mol. The summed E-state index contributed by atoms with van der Waals surface area (Å²) in [6.07, 6.45) is 1.42. The van der Waals surface area contributed by atoms with Gasteiger partial charge in [0.25, 0.3) is 5.91 Å². The Morgan fingerprint density at radius 3 is 2.68 bits per heavy atom. The van der Waals surface area contributed by atoms with Crippen LogP contribution in [-0.4, -0.2) is 32.6 Å². The molecule has 0 aliphatic heterocycles. The summed E-state index contributed by atoms with van der Waals surface area (Å²) in [5, 5.41) is 11.5. The first kappa shape index (κ1) is 15.7. The van der Waals surface area contributed by atoms with Crippen LogP contribution in [0.1, 0.15) is 29.9 Å². The van der Waals surface area contributed by atoms with E-state index < -0.39 is 23.3 Å². The van der Waals surface area contributed by atoms with Gasteiger partial charge in [0.15, 0.2) is 0 Å². The van der Waals surface area contributed by atoms with Gasteiger partial charge in [-0.2, -0.15) is 0 Å². The number of carboxylic acid groups (broad SMARTS) is 1. The summed E-state index contributed by atoms with van der Waals surface area (Å²) < 4.78 is 1.70. The number of aliphatic carboxylic acids is 1. The number of carbonyl (C=O) groups is 2. The van der Waals surface area contributed by atoms with Gasteiger partial charge in [-0.3, -0.25) is 14.4 Å². The SMILES string of the molecule is CCn1cc(C(=O)N[C@@H](C)C(=O)O)c(=O)c2ccc(C)nc21. The molecule has 0 unspecified atom stereocenters. The number of aryl methyl sites for hydroxylation is 2. The quantitative estimate of drug-likeness (QED) is 0.875. The molecule has 0 aromatic carbocycles. The van der Waals surface area contributed by atoms with Gasteiger partial charge in [0.1, 0.15) is 17.3 Å². The van der Waals surface area contributed by atoms with E-state index in [9.17, 15) is 14.4 Å². The Kier molecular flexibility index (Phi) is 4.25. The molecule has 2 heterocycles. The molecule has 0 bridgehead atoms. The first-order valence-corrected chi connectivity index (χ1v) is 6.89. The lowest BCUT2D eigenvalue weighted by Gasteiger charge is -2.13. The fourth-order valence-electron chi connectivity index (χ4n) is 2.10. The molecule has 2 aromatic heterocycles. The first-order valence-electron chi connectivity index (χ1n) is 6.89. The van der Waals surface area contributed by atoms with E-state index in [0.29, 0.717) is 17.6 Å². The smallest absolute Gasteiger partial charge is 0.325 e. The monoisotopic (exact) mass is 303 g/mol. The fourth-order valence-corrected chi connectivity index (χ4v) is 2.10. The van der Waals surface area contributed by atoms with E-state index in [-0.39, 0.29) is 5.56 Å². The number of rotatable bonds is 4. The summed E-state index contributed by atoms with van der Waals surface area (Å²) in [5.74, 6) is -1.87. The van der Waals surface area contributed by atoms with E-state index in [0.717, 1.165) is 5.69 Å². The minimum atomic E-state index is -1.16. The molecule has 0 radical (unpaired) electrons. The number of carboxylic acids is 1. The number of pyridine rings is 2. The Morgan fingerprint density at radius 1 is 1.41 bits per heavy atom. The van der Waals surface area contributed by atoms with Gasteiger partial charge in [-0.05, 0) is 32.9 Å². The number of fused-ring (bicyclic) bond motifs is 1. The van der Waals surface area contributed by atoms with Crippen molar-refractivity contribution in [1.29, 1.82) is 0 Å². The molecule has 0 saturated carbocycles. The van der Waals surface area contributed by atoms with E-state index >= 15 is 0 Å². The van der Waals surface area contributed by atoms with Crippen LogP contribution in [0.3, 0.4) is 0 Å². The van der Waals surface area contributed by atoms with Crippen LogP contribution in [0.5, 0.6) is 0 Å². The van der Waals surface area contributed by atoms with Crippen molar-refractivity contribution in [1.82, 2.24) is 14.9 Å². The third-order valence-corrected chi connectivity index (χ3v) is 3.36. The lowest BCUT2D eigenvalue weighted by atomic mass is 10.1. The number of amides is 1. The number of carbonyl (C=O) groups excluding carboxylic acids is 1. The molecule has 116 valence electrons. The minimum Gasteiger partial charge on any atom is -0.480 e. The largest absolute Gasteiger partial charge is 0.480 e. The lowest BCUT2D eigenvalue weighted by molar-refractivity contribution is -0.138. The van der Waals surface area contributed by atoms with Crippen molar-refractivity contribution >= 4 is 22.9 Å². The van der Waals surface area contributed by atoms with Gasteiger partial charge in [0.2, 0.25) is 5.43 Å². The topological polar surface area (TPSA) is 101 Å². The van der Waals surface area contributed by atoms with Crippen molar-refractivity contribution in [2.45, 2.75) is 33.4 Å². The van der Waals surface area contributed by atoms with Gasteiger partial charge in [0, 0.05) is 18.4 Å². The van der Waals surface area contributed by atoms with Gasteiger partial charge in [0.05, 0.1) is 5.39 Å². The molecule has 7 heteroatoms. The zero-order valence-electron chi connectivity index (χ0n) is 12.6. The van der Waals surface area contributed by atoms with Crippen molar-refractivity contribution in [3.63, 3.8) is 0 Å². The summed E-state index contributed by atoms with van der Waals surface area (Å²) in [6.45, 7) is 5.56. The molecule has 0 aliphatic carbocycles. The molecule has 0 spiro atoms. The van der Waals surface area contributed by atoms with Crippen LogP contribution in [0.4, 0.5) is 0 Å². The predicted molar refractivity (Wildman–Crippen MR) is 81.0 cm³/mol. The van der Waals surface area contributed by atoms with Crippen LogP contribution in [0.2, 0.25) is 0 Å². The Hall–Kier alpha value is -2.70. The zero-order chi connectivity index (χ0) is 16.4.